The lowest BCUT2D eigenvalue weighted by Crippen LogP contribution is -2.53. The largest absolute Gasteiger partial charge is 0.474 e. The molecule has 0 atom stereocenters. The van der Waals surface area contributed by atoms with Gasteiger partial charge in [-0.2, -0.15) is 0 Å². The first kappa shape index (κ1) is 23.5. The van der Waals surface area contributed by atoms with Gasteiger partial charge >= 0.3 is 6.09 Å². The van der Waals surface area contributed by atoms with Crippen LogP contribution in [0.25, 0.3) is 0 Å². The average molecular weight is 517 g/mol. The molecule has 1 amide bonds. The van der Waals surface area contributed by atoms with Crippen molar-refractivity contribution in [1.29, 1.82) is 0 Å². The number of aliphatic imine (C=N–C) groups is 1. The fourth-order valence-corrected chi connectivity index (χ4v) is 3.59. The van der Waals surface area contributed by atoms with Crippen molar-refractivity contribution in [3.63, 3.8) is 0 Å². The van der Waals surface area contributed by atoms with Crippen LogP contribution in [0, 0.1) is 0 Å². The zero-order valence-electron chi connectivity index (χ0n) is 17.3. The van der Waals surface area contributed by atoms with E-state index in [4.69, 9.17) is 9.47 Å². The molecule has 0 bridgehead atoms. The van der Waals surface area contributed by atoms with E-state index in [2.05, 4.69) is 20.2 Å². The second-order valence-electron chi connectivity index (χ2n) is 7.10. The molecule has 1 aliphatic heterocycles. The molecule has 3 rings (SSSR count). The first-order valence-electron chi connectivity index (χ1n) is 10.2. The van der Waals surface area contributed by atoms with Crippen molar-refractivity contribution in [2.45, 2.75) is 45.3 Å². The minimum absolute atomic E-state index is 0. The van der Waals surface area contributed by atoms with Gasteiger partial charge in [-0.3, -0.25) is 4.99 Å². The van der Waals surface area contributed by atoms with Gasteiger partial charge in [-0.15, -0.1) is 24.0 Å². The van der Waals surface area contributed by atoms with Crippen LogP contribution >= 0.6 is 24.0 Å². The fourth-order valence-electron chi connectivity index (χ4n) is 3.59. The van der Waals surface area contributed by atoms with E-state index in [1.807, 2.05) is 25.3 Å². The highest BCUT2D eigenvalue weighted by Crippen LogP contribution is 2.22. The lowest BCUT2D eigenvalue weighted by Gasteiger charge is -2.35. The zero-order chi connectivity index (χ0) is 19.8. The van der Waals surface area contributed by atoms with Crippen LogP contribution in [0.5, 0.6) is 5.88 Å². The van der Waals surface area contributed by atoms with E-state index in [0.29, 0.717) is 38.2 Å². The molecular formula is C20H32IN5O3. The number of hydrogen-bond donors (Lipinski definition) is 1. The molecule has 2 fully saturated rings. The lowest BCUT2D eigenvalue weighted by molar-refractivity contribution is 0.0914. The molecule has 1 N–H and O–H groups in total. The summed E-state index contributed by atoms with van der Waals surface area (Å²) in [6, 6.07) is 3.98. The summed E-state index contributed by atoms with van der Waals surface area (Å²) in [6.07, 6.45) is 6.69. The van der Waals surface area contributed by atoms with Gasteiger partial charge in [0.15, 0.2) is 5.96 Å². The third-order valence-electron chi connectivity index (χ3n) is 5.15. The van der Waals surface area contributed by atoms with E-state index >= 15 is 0 Å². The third-order valence-corrected chi connectivity index (χ3v) is 5.15. The predicted octanol–water partition coefficient (Wildman–Crippen LogP) is 2.87. The summed E-state index contributed by atoms with van der Waals surface area (Å²) in [5.74, 6) is 1.53. The summed E-state index contributed by atoms with van der Waals surface area (Å²) in [5.41, 5.74) is 1.07. The van der Waals surface area contributed by atoms with Crippen LogP contribution in [-0.4, -0.2) is 72.8 Å². The summed E-state index contributed by atoms with van der Waals surface area (Å²) in [6.45, 7) is 5.59. The van der Waals surface area contributed by atoms with Crippen molar-refractivity contribution in [1.82, 2.24) is 20.1 Å². The third kappa shape index (κ3) is 6.90. The van der Waals surface area contributed by atoms with Crippen LogP contribution in [0.1, 0.15) is 38.2 Å². The zero-order valence-corrected chi connectivity index (χ0v) is 19.6. The summed E-state index contributed by atoms with van der Waals surface area (Å²) < 4.78 is 11.0. The predicted molar refractivity (Wildman–Crippen MR) is 123 cm³/mol. The normalized spacial score (nSPS) is 17.7. The number of pyridine rings is 1. The van der Waals surface area contributed by atoms with Crippen molar-refractivity contribution in [3.05, 3.63) is 23.9 Å². The first-order chi connectivity index (χ1) is 13.7. The molecule has 0 unspecified atom stereocenters. The Bertz CT molecular complexity index is 657. The molecule has 2 aliphatic rings. The number of carbonyl (C=O) groups excluding carboxylic acids is 1. The number of aromatic nitrogens is 1. The Morgan fingerprint density at radius 2 is 1.90 bits per heavy atom. The van der Waals surface area contributed by atoms with E-state index in [1.165, 1.54) is 12.8 Å². The van der Waals surface area contributed by atoms with Crippen molar-refractivity contribution in [2.75, 3.05) is 39.8 Å². The van der Waals surface area contributed by atoms with Gasteiger partial charge < -0.3 is 24.6 Å². The van der Waals surface area contributed by atoms with Crippen molar-refractivity contribution in [2.24, 2.45) is 4.99 Å². The highest BCUT2D eigenvalue weighted by atomic mass is 127. The highest BCUT2D eigenvalue weighted by Gasteiger charge is 2.23. The maximum Gasteiger partial charge on any atom is 0.409 e. The molecule has 1 saturated heterocycles. The molecule has 1 saturated carbocycles. The van der Waals surface area contributed by atoms with Crippen LogP contribution in [0.3, 0.4) is 0 Å². The monoisotopic (exact) mass is 517 g/mol. The number of ether oxygens (including phenoxy) is 2. The second-order valence-corrected chi connectivity index (χ2v) is 7.10. The smallest absolute Gasteiger partial charge is 0.409 e. The van der Waals surface area contributed by atoms with E-state index in [0.717, 1.165) is 37.5 Å². The van der Waals surface area contributed by atoms with Gasteiger partial charge in [-0.25, -0.2) is 9.78 Å². The fraction of sp³-hybridized carbons (Fsp3) is 0.650. The molecule has 0 spiro atoms. The number of nitrogens with zero attached hydrogens (tertiary/aromatic N) is 4. The van der Waals surface area contributed by atoms with Gasteiger partial charge in [0.25, 0.3) is 0 Å². The molecule has 9 heteroatoms. The molecule has 1 aliphatic carbocycles. The number of amides is 1. The summed E-state index contributed by atoms with van der Waals surface area (Å²) >= 11 is 0. The van der Waals surface area contributed by atoms with E-state index in [1.54, 1.807) is 11.9 Å². The van der Waals surface area contributed by atoms with Gasteiger partial charge in [-0.05, 0) is 38.2 Å². The van der Waals surface area contributed by atoms with Gasteiger partial charge in [0.1, 0.15) is 6.10 Å². The molecular weight excluding hydrogens is 485 g/mol. The topological polar surface area (TPSA) is 79.3 Å². The average Bonchev–Trinajstić information content (AvgIpc) is 3.23. The Morgan fingerprint density at radius 3 is 2.48 bits per heavy atom. The van der Waals surface area contributed by atoms with Crippen LogP contribution < -0.4 is 10.1 Å². The Labute approximate surface area is 190 Å². The molecule has 0 aromatic carbocycles. The number of hydrogen-bond acceptors (Lipinski definition) is 5. The quantitative estimate of drug-likeness (QED) is 0.368. The highest BCUT2D eigenvalue weighted by molar-refractivity contribution is 14.0. The van der Waals surface area contributed by atoms with Crippen molar-refractivity contribution < 1.29 is 14.3 Å². The SMILES string of the molecule is CCOC(=O)N1CCN(C(=NC)NCc2ccc(OC3CCCC3)nc2)CC1.I. The molecule has 1 aromatic heterocycles. The van der Waals surface area contributed by atoms with Gasteiger partial charge in [0, 0.05) is 52.0 Å². The second kappa shape index (κ2) is 12.0. The number of halogens is 1. The van der Waals surface area contributed by atoms with Crippen LogP contribution in [-0.2, 0) is 11.3 Å². The molecule has 0 radical (unpaired) electrons. The maximum atomic E-state index is 11.8. The molecule has 8 nitrogen and oxygen atoms in total. The van der Waals surface area contributed by atoms with Gasteiger partial charge in [0.05, 0.1) is 6.61 Å². The lowest BCUT2D eigenvalue weighted by atomic mass is 10.3. The van der Waals surface area contributed by atoms with E-state index in [9.17, 15) is 4.79 Å². The van der Waals surface area contributed by atoms with Crippen LogP contribution in [0.15, 0.2) is 23.3 Å². The number of carbonyl (C=O) groups is 1. The minimum Gasteiger partial charge on any atom is -0.474 e. The van der Waals surface area contributed by atoms with Crippen LogP contribution in [0.4, 0.5) is 4.79 Å². The van der Waals surface area contributed by atoms with Crippen molar-refractivity contribution >= 4 is 36.0 Å². The number of nitrogens with one attached hydrogen (secondary N) is 1. The molecule has 1 aromatic rings. The van der Waals surface area contributed by atoms with E-state index < -0.39 is 0 Å². The Morgan fingerprint density at radius 1 is 1.21 bits per heavy atom. The Hall–Kier alpha value is -1.78. The van der Waals surface area contributed by atoms with Gasteiger partial charge in [-0.1, -0.05) is 6.07 Å². The molecule has 162 valence electrons. The summed E-state index contributed by atoms with van der Waals surface area (Å²) in [4.78, 5) is 24.5. The molecule has 2 heterocycles. The first-order valence-corrected chi connectivity index (χ1v) is 10.2. The van der Waals surface area contributed by atoms with Crippen molar-refractivity contribution in [3.8, 4) is 5.88 Å². The van der Waals surface area contributed by atoms with Crippen LogP contribution in [0.2, 0.25) is 0 Å². The maximum absolute atomic E-state index is 11.8. The Kier molecular flexibility index (Phi) is 9.75. The summed E-state index contributed by atoms with van der Waals surface area (Å²) in [7, 11) is 1.77. The van der Waals surface area contributed by atoms with E-state index in [-0.39, 0.29) is 30.1 Å². The van der Waals surface area contributed by atoms with Gasteiger partial charge in [0.2, 0.25) is 5.88 Å². The number of rotatable bonds is 5. The number of piperazine rings is 1. The number of guanidine groups is 1. The standard InChI is InChI=1S/C20H31N5O3.HI/c1-3-27-20(26)25-12-10-24(11-13-25)19(21-2)23-15-16-8-9-18(22-14-16)28-17-6-4-5-7-17;/h8-9,14,17H,3-7,10-13,15H2,1-2H3,(H,21,23);1H. The minimum atomic E-state index is -0.240. The molecule has 29 heavy (non-hydrogen) atoms. The Balaban J connectivity index is 0.00000300. The summed E-state index contributed by atoms with van der Waals surface area (Å²) in [5, 5.41) is 3.38.